The fraction of sp³-hybridized carbons (Fsp3) is 0.286. The second-order valence-corrected chi connectivity index (χ2v) is 4.30. The Labute approximate surface area is 112 Å². The molecule has 0 aliphatic heterocycles. The molecule has 2 N–H and O–H groups in total. The third-order valence-corrected chi connectivity index (χ3v) is 2.79. The number of anilines is 1. The molecule has 0 aliphatic carbocycles. The molecule has 2 aromatic rings. The van der Waals surface area contributed by atoms with E-state index < -0.39 is 0 Å². The normalized spacial score (nSPS) is 10.4. The van der Waals surface area contributed by atoms with Crippen molar-refractivity contribution in [1.82, 2.24) is 14.9 Å². The Morgan fingerprint density at radius 3 is 2.95 bits per heavy atom. The summed E-state index contributed by atoms with van der Waals surface area (Å²) in [4.78, 5) is 16.0. The number of aromatic nitrogens is 2. The first-order valence-electron chi connectivity index (χ1n) is 6.29. The molecule has 5 heteroatoms. The van der Waals surface area contributed by atoms with Gasteiger partial charge in [-0.3, -0.25) is 4.79 Å². The maximum atomic E-state index is 12.0. The first-order valence-corrected chi connectivity index (χ1v) is 6.29. The van der Waals surface area contributed by atoms with Crippen LogP contribution in [0.4, 0.5) is 5.69 Å². The lowest BCUT2D eigenvalue weighted by Crippen LogP contribution is -2.17. The van der Waals surface area contributed by atoms with Gasteiger partial charge in [0, 0.05) is 31.7 Å². The number of rotatable bonds is 5. The largest absolute Gasteiger partial charge is 0.330 e. The van der Waals surface area contributed by atoms with Crippen molar-refractivity contribution in [2.24, 2.45) is 7.05 Å². The van der Waals surface area contributed by atoms with Crippen LogP contribution in [0.15, 0.2) is 36.7 Å². The minimum atomic E-state index is -0.201. The molecule has 5 nitrogen and oxygen atoms in total. The third kappa shape index (κ3) is 3.42. The standard InChI is InChI=1S/C14H18N4O/c1-3-15-10-11-5-4-6-12(9-11)17-14(19)13-16-7-8-18(13)2/h4-9,15H,3,10H2,1-2H3,(H,17,19). The highest BCUT2D eigenvalue weighted by molar-refractivity contribution is 6.01. The van der Waals surface area contributed by atoms with Crippen LogP contribution >= 0.6 is 0 Å². The van der Waals surface area contributed by atoms with Crippen LogP contribution in [0.2, 0.25) is 0 Å². The van der Waals surface area contributed by atoms with Gasteiger partial charge >= 0.3 is 0 Å². The molecule has 0 saturated heterocycles. The average Bonchev–Trinajstić information content (AvgIpc) is 2.83. The number of hydrogen-bond donors (Lipinski definition) is 2. The quantitative estimate of drug-likeness (QED) is 0.859. The SMILES string of the molecule is CCNCc1cccc(NC(=O)c2nccn2C)c1. The number of nitrogens with one attached hydrogen (secondary N) is 2. The molecule has 0 spiro atoms. The van der Waals surface area contributed by atoms with E-state index in [1.165, 1.54) is 0 Å². The van der Waals surface area contributed by atoms with Gasteiger partial charge in [0.25, 0.3) is 5.91 Å². The van der Waals surface area contributed by atoms with E-state index in [4.69, 9.17) is 0 Å². The summed E-state index contributed by atoms with van der Waals surface area (Å²) < 4.78 is 1.69. The van der Waals surface area contributed by atoms with Crippen LogP contribution in [0.1, 0.15) is 23.1 Å². The van der Waals surface area contributed by atoms with Crippen molar-refractivity contribution in [2.75, 3.05) is 11.9 Å². The molecule has 0 atom stereocenters. The number of amides is 1. The molecule has 100 valence electrons. The Kier molecular flexibility index (Phi) is 4.30. The summed E-state index contributed by atoms with van der Waals surface area (Å²) >= 11 is 0. The van der Waals surface area contributed by atoms with Crippen LogP contribution in [-0.2, 0) is 13.6 Å². The molecule has 1 amide bonds. The lowest BCUT2D eigenvalue weighted by Gasteiger charge is -2.07. The second kappa shape index (κ2) is 6.15. The fourth-order valence-electron chi connectivity index (χ4n) is 1.80. The summed E-state index contributed by atoms with van der Waals surface area (Å²) in [6.45, 7) is 3.78. The second-order valence-electron chi connectivity index (χ2n) is 4.30. The summed E-state index contributed by atoms with van der Waals surface area (Å²) in [5.41, 5.74) is 1.92. The molecule has 2 rings (SSSR count). The Hall–Kier alpha value is -2.14. The number of aryl methyl sites for hydroxylation is 1. The summed E-state index contributed by atoms with van der Waals surface area (Å²) in [5.74, 6) is 0.199. The van der Waals surface area contributed by atoms with Gasteiger partial charge in [-0.05, 0) is 24.2 Å². The molecular weight excluding hydrogens is 240 g/mol. The van der Waals surface area contributed by atoms with Gasteiger partial charge in [0.1, 0.15) is 0 Å². The van der Waals surface area contributed by atoms with E-state index in [0.29, 0.717) is 5.82 Å². The predicted molar refractivity (Wildman–Crippen MR) is 75.0 cm³/mol. The Bertz CT molecular complexity index is 562. The molecule has 0 radical (unpaired) electrons. The van der Waals surface area contributed by atoms with Crippen LogP contribution in [0.3, 0.4) is 0 Å². The van der Waals surface area contributed by atoms with Crippen LogP contribution in [-0.4, -0.2) is 22.0 Å². The van der Waals surface area contributed by atoms with E-state index in [-0.39, 0.29) is 5.91 Å². The molecule has 0 aliphatic rings. The van der Waals surface area contributed by atoms with E-state index in [9.17, 15) is 4.79 Å². The van der Waals surface area contributed by atoms with E-state index in [0.717, 1.165) is 24.3 Å². The van der Waals surface area contributed by atoms with E-state index in [1.807, 2.05) is 24.3 Å². The fourth-order valence-corrected chi connectivity index (χ4v) is 1.80. The maximum absolute atomic E-state index is 12.0. The number of carbonyl (C=O) groups excluding carboxylic acids is 1. The zero-order valence-corrected chi connectivity index (χ0v) is 11.2. The molecule has 1 heterocycles. The monoisotopic (exact) mass is 258 g/mol. The average molecular weight is 258 g/mol. The summed E-state index contributed by atoms with van der Waals surface area (Å²) in [7, 11) is 1.80. The van der Waals surface area contributed by atoms with E-state index in [1.54, 1.807) is 24.0 Å². The third-order valence-electron chi connectivity index (χ3n) is 2.79. The van der Waals surface area contributed by atoms with Gasteiger partial charge in [-0.15, -0.1) is 0 Å². The Balaban J connectivity index is 2.07. The van der Waals surface area contributed by atoms with Gasteiger partial charge < -0.3 is 15.2 Å². The minimum absolute atomic E-state index is 0.201. The first kappa shape index (κ1) is 13.3. The van der Waals surface area contributed by atoms with Crippen molar-refractivity contribution < 1.29 is 4.79 Å². The zero-order valence-electron chi connectivity index (χ0n) is 11.2. The molecule has 1 aromatic heterocycles. The summed E-state index contributed by atoms with van der Waals surface area (Å²) in [6.07, 6.45) is 3.35. The summed E-state index contributed by atoms with van der Waals surface area (Å²) in [6, 6.07) is 7.79. The molecule has 19 heavy (non-hydrogen) atoms. The minimum Gasteiger partial charge on any atom is -0.330 e. The highest BCUT2D eigenvalue weighted by Crippen LogP contribution is 2.11. The number of carbonyl (C=O) groups is 1. The maximum Gasteiger partial charge on any atom is 0.291 e. The van der Waals surface area contributed by atoms with Crippen LogP contribution < -0.4 is 10.6 Å². The van der Waals surface area contributed by atoms with Crippen LogP contribution in [0.25, 0.3) is 0 Å². The van der Waals surface area contributed by atoms with Crippen molar-refractivity contribution in [1.29, 1.82) is 0 Å². The van der Waals surface area contributed by atoms with Crippen molar-refractivity contribution >= 4 is 11.6 Å². The van der Waals surface area contributed by atoms with Gasteiger partial charge in [0.2, 0.25) is 0 Å². The smallest absolute Gasteiger partial charge is 0.291 e. The van der Waals surface area contributed by atoms with Gasteiger partial charge in [-0.2, -0.15) is 0 Å². The molecule has 0 bridgehead atoms. The lowest BCUT2D eigenvalue weighted by atomic mass is 10.2. The van der Waals surface area contributed by atoms with Gasteiger partial charge in [0.05, 0.1) is 0 Å². The number of benzene rings is 1. The van der Waals surface area contributed by atoms with Crippen molar-refractivity contribution in [2.45, 2.75) is 13.5 Å². The number of hydrogen-bond acceptors (Lipinski definition) is 3. The highest BCUT2D eigenvalue weighted by atomic mass is 16.2. The number of nitrogens with zero attached hydrogens (tertiary/aromatic N) is 2. The first-order chi connectivity index (χ1) is 9.20. The van der Waals surface area contributed by atoms with Crippen molar-refractivity contribution in [3.63, 3.8) is 0 Å². The predicted octanol–water partition coefficient (Wildman–Crippen LogP) is 1.78. The molecule has 1 aromatic carbocycles. The molecule has 0 fully saturated rings. The Morgan fingerprint density at radius 1 is 1.42 bits per heavy atom. The highest BCUT2D eigenvalue weighted by Gasteiger charge is 2.10. The van der Waals surface area contributed by atoms with Crippen molar-refractivity contribution in [3.05, 3.63) is 48.0 Å². The van der Waals surface area contributed by atoms with E-state index in [2.05, 4.69) is 22.5 Å². The van der Waals surface area contributed by atoms with Crippen LogP contribution in [0.5, 0.6) is 0 Å². The lowest BCUT2D eigenvalue weighted by molar-refractivity contribution is 0.101. The van der Waals surface area contributed by atoms with Gasteiger partial charge in [0.15, 0.2) is 5.82 Å². The van der Waals surface area contributed by atoms with Crippen molar-refractivity contribution in [3.8, 4) is 0 Å². The van der Waals surface area contributed by atoms with E-state index >= 15 is 0 Å². The van der Waals surface area contributed by atoms with Crippen LogP contribution in [0, 0.1) is 0 Å². The summed E-state index contributed by atoms with van der Waals surface area (Å²) in [5, 5.41) is 6.10. The van der Waals surface area contributed by atoms with Gasteiger partial charge in [-0.25, -0.2) is 4.98 Å². The topological polar surface area (TPSA) is 58.9 Å². The molecule has 0 saturated carbocycles. The number of imidazole rings is 1. The molecular formula is C14H18N4O. The molecule has 0 unspecified atom stereocenters. The zero-order chi connectivity index (χ0) is 13.7. The Morgan fingerprint density at radius 2 is 2.26 bits per heavy atom. The van der Waals surface area contributed by atoms with Gasteiger partial charge in [-0.1, -0.05) is 19.1 Å².